The van der Waals surface area contributed by atoms with Crippen LogP contribution in [0.2, 0.25) is 0 Å². The highest BCUT2D eigenvalue weighted by molar-refractivity contribution is 8.82. The number of unbranched alkanes of at least 4 members (excludes halogenated alkanes) is 3. The van der Waals surface area contributed by atoms with Gasteiger partial charge in [-0.1, -0.05) is 47.9 Å². The van der Waals surface area contributed by atoms with Crippen LogP contribution < -0.4 is 5.32 Å². The lowest BCUT2D eigenvalue weighted by Gasteiger charge is -2.05. The van der Waals surface area contributed by atoms with E-state index in [1.165, 1.54) is 12.8 Å². The number of para-hydroxylation sites is 1. The molecule has 0 saturated heterocycles. The van der Waals surface area contributed by atoms with Crippen LogP contribution in [0.3, 0.4) is 0 Å². The summed E-state index contributed by atoms with van der Waals surface area (Å²) in [6, 6.07) is 9.63. The summed E-state index contributed by atoms with van der Waals surface area (Å²) >= 11 is 0. The van der Waals surface area contributed by atoms with Crippen LogP contribution in [0.15, 0.2) is 47.5 Å². The van der Waals surface area contributed by atoms with E-state index in [9.17, 15) is 4.79 Å². The van der Waals surface area contributed by atoms with Crippen molar-refractivity contribution in [1.29, 1.82) is 0 Å². The number of aliphatic imine (C=N–C) groups is 1. The van der Waals surface area contributed by atoms with Crippen LogP contribution in [0.25, 0.3) is 0 Å². The second-order valence-corrected chi connectivity index (χ2v) is 7.73. The molecule has 1 rings (SSSR count). The zero-order chi connectivity index (χ0) is 17.5. The van der Waals surface area contributed by atoms with Crippen LogP contribution in [0.1, 0.15) is 47.4 Å². The number of allylic oxidation sites excluding steroid dienone is 1. The van der Waals surface area contributed by atoms with E-state index in [4.69, 9.17) is 0 Å². The van der Waals surface area contributed by atoms with Crippen molar-refractivity contribution < 1.29 is 6.22 Å². The SMILES string of the molecule is C/C=C\C(=NCC)SSCCCCCCC(=O)Nc1ccccc1.[HH]. The van der Waals surface area contributed by atoms with Crippen LogP contribution in [-0.2, 0) is 4.79 Å². The molecular weight excluding hydrogens is 336 g/mol. The Morgan fingerprint density at radius 2 is 1.96 bits per heavy atom. The van der Waals surface area contributed by atoms with E-state index in [-0.39, 0.29) is 7.33 Å². The fourth-order valence-electron chi connectivity index (χ4n) is 2.05. The molecule has 0 unspecified atom stereocenters. The first-order valence-corrected chi connectivity index (χ1v) is 10.9. The van der Waals surface area contributed by atoms with Crippen LogP contribution in [0.4, 0.5) is 5.69 Å². The molecule has 0 fully saturated rings. The fourth-order valence-corrected chi connectivity index (χ4v) is 4.24. The van der Waals surface area contributed by atoms with Gasteiger partial charge in [0.05, 0.1) is 0 Å². The molecule has 134 valence electrons. The summed E-state index contributed by atoms with van der Waals surface area (Å²) in [5, 5.41) is 4.02. The maximum absolute atomic E-state index is 11.8. The van der Waals surface area contributed by atoms with E-state index in [1.54, 1.807) is 10.8 Å². The van der Waals surface area contributed by atoms with Gasteiger partial charge in [0.15, 0.2) is 0 Å². The number of amides is 1. The van der Waals surface area contributed by atoms with Gasteiger partial charge in [-0.2, -0.15) is 0 Å². The molecule has 0 aliphatic carbocycles. The summed E-state index contributed by atoms with van der Waals surface area (Å²) < 4.78 is 0. The summed E-state index contributed by atoms with van der Waals surface area (Å²) in [7, 11) is 3.62. The molecule has 0 aliphatic rings. The van der Waals surface area contributed by atoms with Gasteiger partial charge >= 0.3 is 0 Å². The number of nitrogens with zero attached hydrogens (tertiary/aromatic N) is 1. The van der Waals surface area contributed by atoms with Gasteiger partial charge in [0, 0.05) is 25.8 Å². The number of hydrogen-bond acceptors (Lipinski definition) is 4. The van der Waals surface area contributed by atoms with Crippen molar-refractivity contribution in [3.05, 3.63) is 42.5 Å². The molecular formula is C19H30N2OS2. The fraction of sp³-hybridized carbons (Fsp3) is 0.474. The molecule has 3 nitrogen and oxygen atoms in total. The van der Waals surface area contributed by atoms with E-state index in [2.05, 4.69) is 23.3 Å². The molecule has 1 aromatic rings. The lowest BCUT2D eigenvalue weighted by molar-refractivity contribution is -0.116. The van der Waals surface area contributed by atoms with Crippen molar-refractivity contribution in [2.24, 2.45) is 4.99 Å². The summed E-state index contributed by atoms with van der Waals surface area (Å²) in [5.74, 6) is 1.24. The van der Waals surface area contributed by atoms with Gasteiger partial charge in [-0.15, -0.1) is 0 Å². The molecule has 0 atom stereocenters. The van der Waals surface area contributed by atoms with E-state index in [0.717, 1.165) is 35.9 Å². The number of carbonyl (C=O) groups is 1. The first kappa shape index (κ1) is 20.8. The quantitative estimate of drug-likeness (QED) is 0.219. The minimum Gasteiger partial charge on any atom is -0.326 e. The third-order valence-corrected chi connectivity index (χ3v) is 5.58. The minimum atomic E-state index is 0. The highest BCUT2D eigenvalue weighted by Crippen LogP contribution is 2.25. The van der Waals surface area contributed by atoms with Crippen molar-refractivity contribution in [2.75, 3.05) is 17.6 Å². The van der Waals surface area contributed by atoms with E-state index in [0.29, 0.717) is 6.42 Å². The monoisotopic (exact) mass is 366 g/mol. The predicted molar refractivity (Wildman–Crippen MR) is 113 cm³/mol. The Hall–Kier alpha value is -1.20. The van der Waals surface area contributed by atoms with E-state index < -0.39 is 0 Å². The van der Waals surface area contributed by atoms with Crippen molar-refractivity contribution in [1.82, 2.24) is 0 Å². The Balaban J connectivity index is 0.00000576. The normalized spacial score (nSPS) is 11.8. The molecule has 0 aromatic heterocycles. The Morgan fingerprint density at radius 3 is 2.67 bits per heavy atom. The summed E-state index contributed by atoms with van der Waals surface area (Å²) in [6.07, 6.45) is 9.12. The summed E-state index contributed by atoms with van der Waals surface area (Å²) in [5.41, 5.74) is 0.876. The third kappa shape index (κ3) is 10.6. The van der Waals surface area contributed by atoms with Crippen molar-refractivity contribution in [3.8, 4) is 0 Å². The Morgan fingerprint density at radius 1 is 1.21 bits per heavy atom. The van der Waals surface area contributed by atoms with Gasteiger partial charge in [0.2, 0.25) is 5.91 Å². The summed E-state index contributed by atoms with van der Waals surface area (Å²) in [6.45, 7) is 4.91. The van der Waals surface area contributed by atoms with Crippen molar-refractivity contribution in [3.63, 3.8) is 0 Å². The van der Waals surface area contributed by atoms with Crippen molar-refractivity contribution >= 4 is 38.2 Å². The smallest absolute Gasteiger partial charge is 0.224 e. The molecule has 0 spiro atoms. The van der Waals surface area contributed by atoms with Crippen LogP contribution >= 0.6 is 21.6 Å². The van der Waals surface area contributed by atoms with E-state index in [1.807, 2.05) is 54.1 Å². The number of rotatable bonds is 11. The second kappa shape index (κ2) is 14.2. The summed E-state index contributed by atoms with van der Waals surface area (Å²) in [4.78, 5) is 16.2. The second-order valence-electron chi connectivity index (χ2n) is 5.30. The number of hydrogen-bond donors (Lipinski definition) is 1. The highest BCUT2D eigenvalue weighted by atomic mass is 33.1. The molecule has 5 heteroatoms. The lowest BCUT2D eigenvalue weighted by atomic mass is 10.1. The van der Waals surface area contributed by atoms with Gasteiger partial charge in [-0.3, -0.25) is 9.79 Å². The Kier molecular flexibility index (Phi) is 12.3. The number of anilines is 1. The molecule has 0 radical (unpaired) electrons. The molecule has 0 aliphatic heterocycles. The molecule has 1 aromatic carbocycles. The molecule has 1 amide bonds. The third-order valence-electron chi connectivity index (χ3n) is 3.21. The Labute approximate surface area is 155 Å². The van der Waals surface area contributed by atoms with Crippen LogP contribution in [-0.4, -0.2) is 23.2 Å². The first-order chi connectivity index (χ1) is 11.8. The van der Waals surface area contributed by atoms with Gasteiger partial charge in [-0.25, -0.2) is 0 Å². The molecule has 24 heavy (non-hydrogen) atoms. The number of carbonyl (C=O) groups excluding carboxylic acids is 1. The highest BCUT2D eigenvalue weighted by Gasteiger charge is 2.02. The zero-order valence-corrected chi connectivity index (χ0v) is 16.3. The lowest BCUT2D eigenvalue weighted by Crippen LogP contribution is -2.10. The average molecular weight is 367 g/mol. The average Bonchev–Trinajstić information content (AvgIpc) is 2.58. The maximum atomic E-state index is 11.8. The van der Waals surface area contributed by atoms with E-state index >= 15 is 0 Å². The standard InChI is InChI=1S/C19H28N2OS2.H2/c1-3-12-19(20-4-2)24-23-16-11-6-5-10-15-18(22)21-17-13-8-7-9-14-17;/h3,7-9,12-14H,4-6,10-11,15-16H2,1-2H3,(H,21,22);1H/b12-3-,20-19?;. The Bertz CT molecular complexity index is 521. The van der Waals surface area contributed by atoms with Gasteiger partial charge in [-0.05, 0) is 55.7 Å². The first-order valence-electron chi connectivity index (χ1n) is 8.57. The largest absolute Gasteiger partial charge is 0.326 e. The number of benzene rings is 1. The van der Waals surface area contributed by atoms with Crippen LogP contribution in [0.5, 0.6) is 0 Å². The topological polar surface area (TPSA) is 41.5 Å². The van der Waals surface area contributed by atoms with Gasteiger partial charge < -0.3 is 5.32 Å². The van der Waals surface area contributed by atoms with Gasteiger partial charge in [0.25, 0.3) is 0 Å². The minimum absolute atomic E-state index is 0. The zero-order valence-electron chi connectivity index (χ0n) is 14.7. The molecule has 0 heterocycles. The maximum Gasteiger partial charge on any atom is 0.224 e. The number of nitrogens with one attached hydrogen (secondary N) is 1. The molecule has 0 bridgehead atoms. The van der Waals surface area contributed by atoms with Crippen molar-refractivity contribution in [2.45, 2.75) is 46.0 Å². The van der Waals surface area contributed by atoms with Gasteiger partial charge in [0.1, 0.15) is 5.04 Å². The van der Waals surface area contributed by atoms with Crippen LogP contribution in [0, 0.1) is 0 Å². The molecule has 1 N–H and O–H groups in total. The molecule has 0 saturated carbocycles. The predicted octanol–water partition coefficient (Wildman–Crippen LogP) is 6.20.